The van der Waals surface area contributed by atoms with Crippen molar-refractivity contribution in [1.29, 1.82) is 0 Å². The Labute approximate surface area is 116 Å². The molecule has 0 amide bonds. The Kier molecular flexibility index (Phi) is 3.17. The van der Waals surface area contributed by atoms with Gasteiger partial charge >= 0.3 is 0 Å². The molecule has 19 heavy (non-hydrogen) atoms. The van der Waals surface area contributed by atoms with Crippen LogP contribution in [0.3, 0.4) is 0 Å². The largest absolute Gasteiger partial charge is 0.376 e. The summed E-state index contributed by atoms with van der Waals surface area (Å²) < 4.78 is 0. The molecule has 2 aromatic heterocycles. The van der Waals surface area contributed by atoms with Gasteiger partial charge in [0.15, 0.2) is 0 Å². The minimum absolute atomic E-state index is 0.236. The van der Waals surface area contributed by atoms with Gasteiger partial charge in [-0.3, -0.25) is 9.97 Å². The van der Waals surface area contributed by atoms with Gasteiger partial charge in [-0.15, -0.1) is 11.3 Å². The van der Waals surface area contributed by atoms with Crippen LogP contribution in [0.1, 0.15) is 23.5 Å². The third kappa shape index (κ3) is 2.44. The maximum absolute atomic E-state index is 4.64. The second kappa shape index (κ2) is 4.97. The molecule has 0 fully saturated rings. The number of aryl methyl sites for hydroxylation is 1. The molecule has 0 bridgehead atoms. The summed E-state index contributed by atoms with van der Waals surface area (Å²) in [6.07, 6.45) is 1.91. The highest BCUT2D eigenvalue weighted by Crippen LogP contribution is 2.27. The second-order valence-electron chi connectivity index (χ2n) is 4.60. The highest BCUT2D eigenvalue weighted by molar-refractivity contribution is 7.09. The molecule has 3 aromatic rings. The van der Waals surface area contributed by atoms with E-state index in [0.717, 1.165) is 22.3 Å². The number of fused-ring (bicyclic) bond motifs is 1. The molecule has 1 unspecified atom stereocenters. The van der Waals surface area contributed by atoms with Crippen LogP contribution in [0.2, 0.25) is 0 Å². The first-order chi connectivity index (χ1) is 9.24. The molecule has 3 nitrogen and oxygen atoms in total. The highest BCUT2D eigenvalue weighted by atomic mass is 32.1. The average Bonchev–Trinajstić information content (AvgIpc) is 2.93. The summed E-state index contributed by atoms with van der Waals surface area (Å²) in [4.78, 5) is 9.99. The molecule has 96 valence electrons. The molecule has 3 rings (SSSR count). The minimum Gasteiger partial charge on any atom is -0.376 e. The predicted molar refractivity (Wildman–Crippen MR) is 80.6 cm³/mol. The minimum atomic E-state index is 0.236. The maximum Gasteiger partial charge on any atom is 0.0936 e. The van der Waals surface area contributed by atoms with E-state index in [2.05, 4.69) is 46.5 Å². The van der Waals surface area contributed by atoms with Gasteiger partial charge in [-0.05, 0) is 26.0 Å². The van der Waals surface area contributed by atoms with Crippen LogP contribution in [0.5, 0.6) is 0 Å². The number of thiazole rings is 1. The Morgan fingerprint density at radius 3 is 2.89 bits per heavy atom. The summed E-state index contributed by atoms with van der Waals surface area (Å²) in [7, 11) is 0. The van der Waals surface area contributed by atoms with Crippen molar-refractivity contribution in [2.75, 3.05) is 5.32 Å². The number of para-hydroxylation sites is 1. The molecule has 1 N–H and O–H groups in total. The predicted octanol–water partition coefficient (Wildman–Crippen LogP) is 4.17. The maximum atomic E-state index is 4.64. The van der Waals surface area contributed by atoms with E-state index in [1.165, 1.54) is 4.88 Å². The van der Waals surface area contributed by atoms with E-state index in [4.69, 9.17) is 0 Å². The number of aromatic nitrogens is 2. The first-order valence-corrected chi connectivity index (χ1v) is 7.13. The fourth-order valence-electron chi connectivity index (χ4n) is 2.10. The first kappa shape index (κ1) is 12.1. The van der Waals surface area contributed by atoms with E-state index >= 15 is 0 Å². The van der Waals surface area contributed by atoms with E-state index in [0.29, 0.717) is 0 Å². The number of rotatable bonds is 3. The highest BCUT2D eigenvalue weighted by Gasteiger charge is 2.09. The molecule has 0 saturated heterocycles. The first-order valence-electron chi connectivity index (χ1n) is 6.25. The van der Waals surface area contributed by atoms with Crippen LogP contribution in [0.15, 0.2) is 42.0 Å². The number of hydrogen-bond donors (Lipinski definition) is 1. The van der Waals surface area contributed by atoms with Crippen LogP contribution in [0.4, 0.5) is 5.69 Å². The van der Waals surface area contributed by atoms with Crippen molar-refractivity contribution < 1.29 is 0 Å². The van der Waals surface area contributed by atoms with Crippen LogP contribution in [-0.2, 0) is 0 Å². The Balaban J connectivity index is 1.98. The Morgan fingerprint density at radius 2 is 2.11 bits per heavy atom. The molecule has 1 atom stereocenters. The van der Waals surface area contributed by atoms with E-state index in [1.807, 2.05) is 24.7 Å². The van der Waals surface area contributed by atoms with Crippen LogP contribution in [0, 0.1) is 6.92 Å². The van der Waals surface area contributed by atoms with Gasteiger partial charge in [-0.2, -0.15) is 0 Å². The van der Waals surface area contributed by atoms with Gasteiger partial charge in [0.1, 0.15) is 0 Å². The summed E-state index contributed by atoms with van der Waals surface area (Å²) in [6, 6.07) is 10.6. The lowest BCUT2D eigenvalue weighted by Gasteiger charge is -2.15. The van der Waals surface area contributed by atoms with E-state index < -0.39 is 0 Å². The molecule has 2 heterocycles. The Morgan fingerprint density at radius 1 is 1.21 bits per heavy atom. The lowest BCUT2D eigenvalue weighted by molar-refractivity contribution is 0.905. The second-order valence-corrected chi connectivity index (χ2v) is 5.52. The standard InChI is InChI=1S/C15H15N3S/c1-10-6-7-12-4-3-5-13(15(12)17-10)18-11(2)14-8-16-9-19-14/h3-9,11,18H,1-2H3. The number of pyridine rings is 1. The Bertz CT molecular complexity index is 692. The van der Waals surface area contributed by atoms with E-state index in [-0.39, 0.29) is 6.04 Å². The van der Waals surface area contributed by atoms with Crippen molar-refractivity contribution in [3.8, 4) is 0 Å². The van der Waals surface area contributed by atoms with Gasteiger partial charge in [0, 0.05) is 22.2 Å². The van der Waals surface area contributed by atoms with Gasteiger partial charge < -0.3 is 5.32 Å². The molecule has 4 heteroatoms. The topological polar surface area (TPSA) is 37.8 Å². The van der Waals surface area contributed by atoms with Gasteiger partial charge in [-0.1, -0.05) is 18.2 Å². The molecule has 0 aliphatic carbocycles. The summed E-state index contributed by atoms with van der Waals surface area (Å²) in [5.74, 6) is 0. The summed E-state index contributed by atoms with van der Waals surface area (Å²) >= 11 is 1.66. The van der Waals surface area contributed by atoms with Crippen LogP contribution >= 0.6 is 11.3 Å². The van der Waals surface area contributed by atoms with Crippen molar-refractivity contribution >= 4 is 27.9 Å². The number of nitrogens with zero attached hydrogens (tertiary/aromatic N) is 2. The monoisotopic (exact) mass is 269 g/mol. The molecule has 0 saturated carbocycles. The van der Waals surface area contributed by atoms with Crippen molar-refractivity contribution in [2.45, 2.75) is 19.9 Å². The zero-order valence-electron chi connectivity index (χ0n) is 10.9. The number of anilines is 1. The van der Waals surface area contributed by atoms with Crippen molar-refractivity contribution in [3.63, 3.8) is 0 Å². The normalized spacial score (nSPS) is 12.5. The lowest BCUT2D eigenvalue weighted by atomic mass is 10.1. The zero-order valence-corrected chi connectivity index (χ0v) is 11.7. The molecule has 1 aromatic carbocycles. The molecular weight excluding hydrogens is 254 g/mol. The third-order valence-corrected chi connectivity index (χ3v) is 4.07. The van der Waals surface area contributed by atoms with Crippen molar-refractivity contribution in [3.05, 3.63) is 52.6 Å². The van der Waals surface area contributed by atoms with E-state index in [9.17, 15) is 0 Å². The molecule has 0 radical (unpaired) electrons. The summed E-state index contributed by atoms with van der Waals surface area (Å²) in [5, 5.41) is 4.68. The third-order valence-electron chi connectivity index (χ3n) is 3.11. The van der Waals surface area contributed by atoms with Crippen LogP contribution < -0.4 is 5.32 Å². The quantitative estimate of drug-likeness (QED) is 0.775. The number of benzene rings is 1. The van der Waals surface area contributed by atoms with Crippen LogP contribution in [0.25, 0.3) is 10.9 Å². The molecule has 0 aliphatic heterocycles. The molecule has 0 aliphatic rings. The SMILES string of the molecule is Cc1ccc2cccc(NC(C)c3cncs3)c2n1. The average molecular weight is 269 g/mol. The number of nitrogens with one attached hydrogen (secondary N) is 1. The Hall–Kier alpha value is -1.94. The number of hydrogen-bond acceptors (Lipinski definition) is 4. The lowest BCUT2D eigenvalue weighted by Crippen LogP contribution is -2.05. The zero-order chi connectivity index (χ0) is 13.2. The molecular formula is C15H15N3S. The van der Waals surface area contributed by atoms with Crippen molar-refractivity contribution in [2.24, 2.45) is 0 Å². The fourth-order valence-corrected chi connectivity index (χ4v) is 2.73. The van der Waals surface area contributed by atoms with Crippen LogP contribution in [-0.4, -0.2) is 9.97 Å². The van der Waals surface area contributed by atoms with Crippen molar-refractivity contribution in [1.82, 2.24) is 9.97 Å². The molecule has 0 spiro atoms. The van der Waals surface area contributed by atoms with Gasteiger partial charge in [0.2, 0.25) is 0 Å². The summed E-state index contributed by atoms with van der Waals surface area (Å²) in [5.41, 5.74) is 4.99. The fraction of sp³-hybridized carbons (Fsp3) is 0.200. The van der Waals surface area contributed by atoms with E-state index in [1.54, 1.807) is 11.3 Å². The van der Waals surface area contributed by atoms with Gasteiger partial charge in [0.25, 0.3) is 0 Å². The smallest absolute Gasteiger partial charge is 0.0936 e. The summed E-state index contributed by atoms with van der Waals surface area (Å²) in [6.45, 7) is 4.16. The van der Waals surface area contributed by atoms with Gasteiger partial charge in [-0.25, -0.2) is 0 Å². The van der Waals surface area contributed by atoms with Gasteiger partial charge in [0.05, 0.1) is 22.8 Å².